The molecule has 3 amide bonds. The molecule has 0 unspecified atom stereocenters. The van der Waals surface area contributed by atoms with Gasteiger partial charge < -0.3 is 20.9 Å². The lowest BCUT2D eigenvalue weighted by Crippen LogP contribution is -2.55. The quantitative estimate of drug-likeness (QED) is 0.518. The van der Waals surface area contributed by atoms with Crippen molar-refractivity contribution >= 4 is 28.3 Å². The van der Waals surface area contributed by atoms with Gasteiger partial charge in [0, 0.05) is 30.6 Å². The molecule has 3 N–H and O–H groups in total. The topological polar surface area (TPSA) is 106 Å². The number of hydrogen-bond donors (Lipinski definition) is 2. The molecule has 188 valence electrons. The second-order valence-corrected chi connectivity index (χ2v) is 11.2. The van der Waals surface area contributed by atoms with Gasteiger partial charge in [0.05, 0.1) is 11.5 Å². The van der Waals surface area contributed by atoms with Gasteiger partial charge in [-0.2, -0.15) is 5.26 Å². The smallest absolute Gasteiger partial charge is 0.324 e. The van der Waals surface area contributed by atoms with E-state index in [9.17, 15) is 14.9 Å². The molecule has 34 heavy (non-hydrogen) atoms. The summed E-state index contributed by atoms with van der Waals surface area (Å²) in [5, 5.41) is 13.1. The van der Waals surface area contributed by atoms with Crippen LogP contribution >= 0.6 is 11.3 Å². The molecule has 0 radical (unpaired) electrons. The molecule has 1 aromatic rings. The van der Waals surface area contributed by atoms with Gasteiger partial charge in [0.15, 0.2) is 0 Å². The third-order valence-electron chi connectivity index (χ3n) is 7.20. The second kappa shape index (κ2) is 12.0. The number of amides is 3. The van der Waals surface area contributed by atoms with Gasteiger partial charge in [-0.1, -0.05) is 13.3 Å². The highest BCUT2D eigenvalue weighted by Crippen LogP contribution is 2.43. The zero-order valence-electron chi connectivity index (χ0n) is 21.1. The van der Waals surface area contributed by atoms with Crippen molar-refractivity contribution in [1.29, 1.82) is 5.26 Å². The number of nitrogens with zero attached hydrogens (tertiary/aromatic N) is 4. The van der Waals surface area contributed by atoms with Crippen LogP contribution in [-0.4, -0.2) is 80.0 Å². The number of fused-ring (bicyclic) bond motifs is 2. The third-order valence-corrected chi connectivity index (χ3v) is 8.28. The average Bonchev–Trinajstić information content (AvgIpc) is 3.11. The zero-order chi connectivity index (χ0) is 24.8. The van der Waals surface area contributed by atoms with E-state index >= 15 is 0 Å². The molecular weight excluding hydrogens is 448 g/mol. The number of nitrogen functional groups attached to an aromatic ring is 1. The van der Waals surface area contributed by atoms with E-state index in [0.717, 1.165) is 57.1 Å². The fourth-order valence-electron chi connectivity index (χ4n) is 5.34. The Labute approximate surface area is 208 Å². The van der Waals surface area contributed by atoms with E-state index in [0.29, 0.717) is 36.2 Å². The number of unbranched alkanes of at least 4 members (excludes halogenated alkanes) is 2. The Morgan fingerprint density at radius 2 is 2.00 bits per heavy atom. The first-order valence-electron chi connectivity index (χ1n) is 12.5. The van der Waals surface area contributed by atoms with Gasteiger partial charge in [-0.05, 0) is 77.7 Å². The van der Waals surface area contributed by atoms with E-state index < -0.39 is 0 Å². The van der Waals surface area contributed by atoms with Crippen molar-refractivity contribution in [1.82, 2.24) is 20.0 Å². The van der Waals surface area contributed by atoms with E-state index in [4.69, 9.17) is 5.73 Å². The Bertz CT molecular complexity index is 908. The lowest BCUT2D eigenvalue weighted by atomic mass is 9.74. The average molecular weight is 489 g/mol. The molecule has 1 aromatic heterocycles. The number of urea groups is 1. The predicted molar refractivity (Wildman–Crippen MR) is 137 cm³/mol. The molecule has 0 spiro atoms. The van der Waals surface area contributed by atoms with Gasteiger partial charge in [-0.15, -0.1) is 11.3 Å². The number of carbonyl (C=O) groups is 2. The number of carbonyl (C=O) groups excluding carboxylic acids is 2. The number of likely N-dealkylation sites (tertiary alicyclic amines) is 1. The highest BCUT2D eigenvalue weighted by molar-refractivity contribution is 7.16. The molecule has 8 nitrogen and oxygen atoms in total. The van der Waals surface area contributed by atoms with E-state index in [2.05, 4.69) is 35.2 Å². The molecular formula is C25H40N6O2S. The van der Waals surface area contributed by atoms with Crippen molar-refractivity contribution < 1.29 is 9.59 Å². The van der Waals surface area contributed by atoms with Crippen LogP contribution in [0.5, 0.6) is 0 Å². The van der Waals surface area contributed by atoms with Crippen LogP contribution in [0.2, 0.25) is 0 Å². The predicted octanol–water partition coefficient (Wildman–Crippen LogP) is 2.92. The second-order valence-electron chi connectivity index (χ2n) is 10.0. The van der Waals surface area contributed by atoms with Crippen LogP contribution < -0.4 is 11.1 Å². The van der Waals surface area contributed by atoms with E-state index in [1.807, 2.05) is 14.1 Å². The minimum absolute atomic E-state index is 0.0688. The number of rotatable bonds is 9. The molecule has 0 saturated carbocycles. The first kappa shape index (κ1) is 26.5. The number of nitrogens with one attached hydrogen (secondary N) is 1. The molecule has 3 rings (SSSR count). The first-order valence-corrected chi connectivity index (χ1v) is 13.3. The summed E-state index contributed by atoms with van der Waals surface area (Å²) in [6.45, 7) is 4.74. The number of hydrogen-bond acceptors (Lipinski definition) is 7. The van der Waals surface area contributed by atoms with Crippen LogP contribution in [0, 0.1) is 23.2 Å². The van der Waals surface area contributed by atoms with Crippen LogP contribution in [0.1, 0.15) is 55.0 Å². The Hall–Kier alpha value is -2.15. The Morgan fingerprint density at radius 3 is 2.68 bits per heavy atom. The van der Waals surface area contributed by atoms with Gasteiger partial charge in [0.2, 0.25) is 5.91 Å². The molecule has 1 aliphatic carbocycles. The molecule has 2 aliphatic rings. The largest absolute Gasteiger partial charge is 0.389 e. The minimum atomic E-state index is -0.267. The Balaban J connectivity index is 1.66. The third kappa shape index (κ3) is 6.09. The van der Waals surface area contributed by atoms with E-state index in [1.54, 1.807) is 0 Å². The fourth-order valence-corrected chi connectivity index (χ4v) is 6.44. The summed E-state index contributed by atoms with van der Waals surface area (Å²) in [6, 6.07) is 2.35. The molecule has 3 atom stereocenters. The molecule has 0 bridgehead atoms. The summed E-state index contributed by atoms with van der Waals surface area (Å²) in [5.74, 6) is -0.00485. The number of likely N-dealkylation sites (N-methyl/N-ethyl adjacent to an activating group) is 1. The summed E-state index contributed by atoms with van der Waals surface area (Å²) in [6.07, 6.45) is 6.02. The van der Waals surface area contributed by atoms with Crippen molar-refractivity contribution in [2.24, 2.45) is 11.8 Å². The molecule has 9 heteroatoms. The van der Waals surface area contributed by atoms with Crippen molar-refractivity contribution in [2.45, 2.75) is 57.9 Å². The van der Waals surface area contributed by atoms with Gasteiger partial charge in [0.1, 0.15) is 11.1 Å². The maximum atomic E-state index is 13.6. The highest BCUT2D eigenvalue weighted by atomic mass is 32.1. The number of piperidine rings is 1. The van der Waals surface area contributed by atoms with Gasteiger partial charge in [0.25, 0.3) is 0 Å². The van der Waals surface area contributed by atoms with E-state index in [-0.39, 0.29) is 23.8 Å². The lowest BCUT2D eigenvalue weighted by Gasteiger charge is -2.45. The van der Waals surface area contributed by atoms with Crippen LogP contribution in [0.15, 0.2) is 0 Å². The lowest BCUT2D eigenvalue weighted by molar-refractivity contribution is -0.136. The van der Waals surface area contributed by atoms with Gasteiger partial charge in [-0.25, -0.2) is 4.79 Å². The van der Waals surface area contributed by atoms with Crippen molar-refractivity contribution in [3.8, 4) is 6.07 Å². The summed E-state index contributed by atoms with van der Waals surface area (Å²) in [5.41, 5.74) is 7.79. The maximum Gasteiger partial charge on any atom is 0.324 e. The Kier molecular flexibility index (Phi) is 9.34. The monoisotopic (exact) mass is 488 g/mol. The fraction of sp³-hybridized carbons (Fsp3) is 0.720. The summed E-state index contributed by atoms with van der Waals surface area (Å²) >= 11 is 1.53. The number of imide groups is 1. The van der Waals surface area contributed by atoms with Crippen LogP contribution in [0.4, 0.5) is 9.80 Å². The number of thiophene rings is 1. The van der Waals surface area contributed by atoms with Gasteiger partial charge >= 0.3 is 6.03 Å². The standard InChI is InChI=1S/C25H40N6O2S/c1-5-6-11-31(25(33)28-9-7-8-10-29(2)3)24(32)18-12-17-13-19-20(15-26)23(27)34-22(19)14-21(17)30(4)16-18/h17-18,21H,5-14,16,27H2,1-4H3,(H,28,33)/t17-,18-,21-/m1/s1. The molecule has 2 heterocycles. The number of anilines is 1. The van der Waals surface area contributed by atoms with Crippen molar-refractivity contribution in [3.63, 3.8) is 0 Å². The summed E-state index contributed by atoms with van der Waals surface area (Å²) < 4.78 is 0. The van der Waals surface area contributed by atoms with Gasteiger partial charge in [-0.3, -0.25) is 9.69 Å². The SMILES string of the molecule is CCCCN(C(=O)NCCCCN(C)C)C(=O)[C@@H]1C[C@@H]2Cc3c(sc(N)c3C#N)C[C@H]2N(C)C1. The molecule has 1 saturated heterocycles. The molecule has 0 aromatic carbocycles. The first-order chi connectivity index (χ1) is 16.3. The number of nitrogens with two attached hydrogens (primary N) is 1. The normalized spacial score (nSPS) is 22.1. The van der Waals surface area contributed by atoms with E-state index in [1.165, 1.54) is 21.1 Å². The van der Waals surface area contributed by atoms with Crippen molar-refractivity contribution in [2.75, 3.05) is 53.1 Å². The summed E-state index contributed by atoms with van der Waals surface area (Å²) in [4.78, 5) is 33.6. The highest BCUT2D eigenvalue weighted by Gasteiger charge is 2.43. The van der Waals surface area contributed by atoms with Crippen molar-refractivity contribution in [3.05, 3.63) is 16.0 Å². The molecule has 1 fully saturated rings. The van der Waals surface area contributed by atoms with Crippen LogP contribution in [0.25, 0.3) is 0 Å². The van der Waals surface area contributed by atoms with Crippen LogP contribution in [-0.2, 0) is 17.6 Å². The number of nitriles is 1. The molecule has 1 aliphatic heterocycles. The maximum absolute atomic E-state index is 13.6. The van der Waals surface area contributed by atoms with Crippen LogP contribution in [0.3, 0.4) is 0 Å². The zero-order valence-corrected chi connectivity index (χ0v) is 21.9. The Morgan fingerprint density at radius 1 is 1.24 bits per heavy atom. The minimum Gasteiger partial charge on any atom is -0.389 e. The summed E-state index contributed by atoms with van der Waals surface area (Å²) in [7, 11) is 6.15.